The summed E-state index contributed by atoms with van der Waals surface area (Å²) in [6, 6.07) is 10.00. The monoisotopic (exact) mass is 276 g/mol. The lowest BCUT2D eigenvalue weighted by Crippen LogP contribution is -2.15. The molecule has 102 valence electrons. The van der Waals surface area contributed by atoms with E-state index in [-0.39, 0.29) is 11.3 Å². The molecule has 0 aromatic heterocycles. The van der Waals surface area contributed by atoms with Gasteiger partial charge >= 0.3 is 0 Å². The van der Waals surface area contributed by atoms with Crippen LogP contribution in [0.4, 0.5) is 5.69 Å². The Kier molecular flexibility index (Phi) is 5.91. The van der Waals surface area contributed by atoms with E-state index >= 15 is 0 Å². The van der Waals surface area contributed by atoms with Crippen molar-refractivity contribution < 1.29 is 4.79 Å². The third-order valence-electron chi connectivity index (χ3n) is 2.63. The van der Waals surface area contributed by atoms with Crippen LogP contribution in [-0.4, -0.2) is 17.4 Å². The van der Waals surface area contributed by atoms with Crippen LogP contribution in [0.2, 0.25) is 0 Å². The van der Waals surface area contributed by atoms with Crippen LogP contribution in [0, 0.1) is 11.3 Å². The van der Waals surface area contributed by atoms with Gasteiger partial charge in [-0.2, -0.15) is 17.0 Å². The maximum atomic E-state index is 11.6. The molecule has 0 heterocycles. The number of anilines is 1. The molecule has 0 atom stereocenters. The molecule has 0 saturated carbocycles. The fraction of sp³-hybridized carbons (Fsp3) is 0.467. The second-order valence-corrected chi connectivity index (χ2v) is 6.44. The zero-order chi connectivity index (χ0) is 14.3. The van der Waals surface area contributed by atoms with E-state index in [1.807, 2.05) is 24.3 Å². The molecule has 1 N–H and O–H groups in total. The van der Waals surface area contributed by atoms with Crippen molar-refractivity contribution >= 4 is 23.4 Å². The maximum Gasteiger partial charge on any atom is 0.234 e. The van der Waals surface area contributed by atoms with Gasteiger partial charge in [0.1, 0.15) is 0 Å². The van der Waals surface area contributed by atoms with Crippen LogP contribution in [0.3, 0.4) is 0 Å². The van der Waals surface area contributed by atoms with E-state index in [1.165, 1.54) is 17.3 Å². The molecule has 3 nitrogen and oxygen atoms in total. The summed E-state index contributed by atoms with van der Waals surface area (Å²) in [6.07, 6.45) is 0.484. The quantitative estimate of drug-likeness (QED) is 0.836. The number of carbonyl (C=O) groups is 1. The van der Waals surface area contributed by atoms with Gasteiger partial charge in [0.2, 0.25) is 5.91 Å². The smallest absolute Gasteiger partial charge is 0.234 e. The first-order chi connectivity index (χ1) is 8.93. The van der Waals surface area contributed by atoms with Gasteiger partial charge in [0, 0.05) is 17.9 Å². The van der Waals surface area contributed by atoms with E-state index in [1.54, 1.807) is 0 Å². The van der Waals surface area contributed by atoms with Crippen LogP contribution in [0.5, 0.6) is 0 Å². The highest BCUT2D eigenvalue weighted by molar-refractivity contribution is 7.99. The summed E-state index contributed by atoms with van der Waals surface area (Å²) in [5, 5.41) is 11.2. The van der Waals surface area contributed by atoms with Crippen LogP contribution in [0.15, 0.2) is 24.3 Å². The van der Waals surface area contributed by atoms with Crippen molar-refractivity contribution in [1.29, 1.82) is 5.26 Å². The Morgan fingerprint density at radius 1 is 1.32 bits per heavy atom. The number of nitriles is 1. The lowest BCUT2D eigenvalue weighted by atomic mass is 9.87. The average molecular weight is 276 g/mol. The maximum absolute atomic E-state index is 11.6. The van der Waals surface area contributed by atoms with Gasteiger partial charge < -0.3 is 5.32 Å². The number of nitrogens with zero attached hydrogens (tertiary/aromatic N) is 1. The minimum Gasteiger partial charge on any atom is -0.325 e. The van der Waals surface area contributed by atoms with Crippen LogP contribution < -0.4 is 5.32 Å². The Morgan fingerprint density at radius 2 is 1.95 bits per heavy atom. The van der Waals surface area contributed by atoms with Crippen molar-refractivity contribution in [2.45, 2.75) is 32.6 Å². The minimum atomic E-state index is -0.0218. The Bertz CT molecular complexity index is 455. The molecule has 0 aliphatic rings. The average Bonchev–Trinajstić information content (AvgIpc) is 2.34. The lowest BCUT2D eigenvalue weighted by molar-refractivity contribution is -0.113. The molecular weight excluding hydrogens is 256 g/mol. The Morgan fingerprint density at radius 3 is 2.47 bits per heavy atom. The van der Waals surface area contributed by atoms with E-state index in [0.717, 1.165) is 5.69 Å². The van der Waals surface area contributed by atoms with Gasteiger partial charge in [0.15, 0.2) is 0 Å². The predicted molar refractivity (Wildman–Crippen MR) is 81.3 cm³/mol. The molecule has 0 aliphatic heterocycles. The second kappa shape index (κ2) is 7.20. The number of nitrogens with one attached hydrogen (secondary N) is 1. The molecule has 1 aromatic carbocycles. The van der Waals surface area contributed by atoms with Crippen LogP contribution >= 0.6 is 11.8 Å². The van der Waals surface area contributed by atoms with Crippen molar-refractivity contribution in [2.75, 3.05) is 16.8 Å². The highest BCUT2D eigenvalue weighted by atomic mass is 32.2. The molecular formula is C15H20N2OS. The Balaban J connectivity index is 2.45. The molecule has 0 saturated heterocycles. The van der Waals surface area contributed by atoms with Crippen LogP contribution in [0.25, 0.3) is 0 Å². The fourth-order valence-electron chi connectivity index (χ4n) is 1.53. The number of hydrogen-bond donors (Lipinski definition) is 1. The van der Waals surface area contributed by atoms with E-state index in [0.29, 0.717) is 17.9 Å². The normalized spacial score (nSPS) is 10.8. The molecule has 0 fully saturated rings. The Hall–Kier alpha value is -1.47. The number of benzene rings is 1. The van der Waals surface area contributed by atoms with Gasteiger partial charge in [0.05, 0.1) is 11.8 Å². The first-order valence-corrected chi connectivity index (χ1v) is 7.44. The summed E-state index contributed by atoms with van der Waals surface area (Å²) in [6.45, 7) is 6.48. The van der Waals surface area contributed by atoms with Gasteiger partial charge in [-0.25, -0.2) is 0 Å². The predicted octanol–water partition coefficient (Wildman–Crippen LogP) is 3.57. The third-order valence-corrected chi connectivity index (χ3v) is 3.59. The van der Waals surface area contributed by atoms with Gasteiger partial charge in [-0.1, -0.05) is 32.9 Å². The Labute approximate surface area is 119 Å². The topological polar surface area (TPSA) is 52.9 Å². The zero-order valence-corrected chi connectivity index (χ0v) is 12.5. The van der Waals surface area contributed by atoms with Crippen molar-refractivity contribution in [3.63, 3.8) is 0 Å². The molecule has 1 rings (SSSR count). The largest absolute Gasteiger partial charge is 0.325 e. The van der Waals surface area contributed by atoms with Crippen molar-refractivity contribution in [3.05, 3.63) is 29.8 Å². The standard InChI is InChI=1S/C15H20N2OS/c1-15(2,3)12-5-7-13(8-6-12)17-14(18)11-19-10-4-9-16/h5-8H,4,10-11H2,1-3H3,(H,17,18). The molecule has 4 heteroatoms. The summed E-state index contributed by atoms with van der Waals surface area (Å²) in [5.74, 6) is 1.07. The SMILES string of the molecule is CC(C)(C)c1ccc(NC(=O)CSCCC#N)cc1. The fourth-order valence-corrected chi connectivity index (χ4v) is 2.17. The number of rotatable bonds is 5. The van der Waals surface area contributed by atoms with E-state index in [2.05, 4.69) is 32.2 Å². The third kappa shape index (κ3) is 5.80. The van der Waals surface area contributed by atoms with Crippen molar-refractivity contribution in [2.24, 2.45) is 0 Å². The number of hydrogen-bond acceptors (Lipinski definition) is 3. The van der Waals surface area contributed by atoms with Crippen LogP contribution in [-0.2, 0) is 10.2 Å². The molecule has 0 unspecified atom stereocenters. The number of thioether (sulfide) groups is 1. The summed E-state index contributed by atoms with van der Waals surface area (Å²) in [5.41, 5.74) is 2.18. The highest BCUT2D eigenvalue weighted by Gasteiger charge is 2.13. The van der Waals surface area contributed by atoms with Crippen LogP contribution in [0.1, 0.15) is 32.8 Å². The van der Waals surface area contributed by atoms with Gasteiger partial charge in [-0.15, -0.1) is 0 Å². The molecule has 0 radical (unpaired) electrons. The number of carbonyl (C=O) groups excluding carboxylic acids is 1. The molecule has 0 aliphatic carbocycles. The van der Waals surface area contributed by atoms with Crippen molar-refractivity contribution in [1.82, 2.24) is 0 Å². The first kappa shape index (κ1) is 15.6. The van der Waals surface area contributed by atoms with Gasteiger partial charge in [-0.3, -0.25) is 4.79 Å². The van der Waals surface area contributed by atoms with E-state index in [9.17, 15) is 4.79 Å². The van der Waals surface area contributed by atoms with E-state index < -0.39 is 0 Å². The minimum absolute atomic E-state index is 0.0218. The summed E-state index contributed by atoms with van der Waals surface area (Å²) >= 11 is 1.48. The van der Waals surface area contributed by atoms with E-state index in [4.69, 9.17) is 5.26 Å². The zero-order valence-electron chi connectivity index (χ0n) is 11.7. The highest BCUT2D eigenvalue weighted by Crippen LogP contribution is 2.23. The number of amides is 1. The summed E-state index contributed by atoms with van der Waals surface area (Å²) < 4.78 is 0. The molecule has 0 bridgehead atoms. The lowest BCUT2D eigenvalue weighted by Gasteiger charge is -2.19. The summed E-state index contributed by atoms with van der Waals surface area (Å²) in [4.78, 5) is 11.6. The van der Waals surface area contributed by atoms with Gasteiger partial charge in [0.25, 0.3) is 0 Å². The molecule has 1 amide bonds. The van der Waals surface area contributed by atoms with Crippen molar-refractivity contribution in [3.8, 4) is 6.07 Å². The second-order valence-electron chi connectivity index (χ2n) is 5.34. The molecule has 0 spiro atoms. The summed E-state index contributed by atoms with van der Waals surface area (Å²) in [7, 11) is 0. The molecule has 19 heavy (non-hydrogen) atoms. The first-order valence-electron chi connectivity index (χ1n) is 6.28. The molecule has 1 aromatic rings. The van der Waals surface area contributed by atoms with Gasteiger partial charge in [-0.05, 0) is 23.1 Å².